The molecule has 0 aromatic carbocycles. The molecule has 0 radical (unpaired) electrons. The third kappa shape index (κ3) is 2.80. The van der Waals surface area contributed by atoms with Crippen molar-refractivity contribution in [2.75, 3.05) is 27.2 Å². The second-order valence-electron chi connectivity index (χ2n) is 4.50. The molecule has 0 saturated heterocycles. The smallest absolute Gasteiger partial charge is 0.0125 e. The van der Waals surface area contributed by atoms with Crippen LogP contribution >= 0.6 is 0 Å². The largest absolute Gasteiger partial charge is 0.312 e. The predicted molar refractivity (Wildman–Crippen MR) is 48.7 cm³/mol. The van der Waals surface area contributed by atoms with Crippen molar-refractivity contribution in [3.63, 3.8) is 0 Å². The Kier molecular flexibility index (Phi) is 2.55. The molecule has 1 unspecified atom stereocenters. The highest BCUT2D eigenvalue weighted by Crippen LogP contribution is 2.44. The van der Waals surface area contributed by atoms with Crippen LogP contribution in [0.4, 0.5) is 0 Å². The van der Waals surface area contributed by atoms with E-state index >= 15 is 0 Å². The van der Waals surface area contributed by atoms with Crippen molar-refractivity contribution < 1.29 is 0 Å². The summed E-state index contributed by atoms with van der Waals surface area (Å²) in [7, 11) is 4.22. The van der Waals surface area contributed by atoms with E-state index < -0.39 is 0 Å². The van der Waals surface area contributed by atoms with Crippen molar-refractivity contribution in [1.82, 2.24) is 10.2 Å². The second-order valence-corrected chi connectivity index (χ2v) is 4.50. The van der Waals surface area contributed by atoms with Crippen molar-refractivity contribution in [1.29, 1.82) is 0 Å². The summed E-state index contributed by atoms with van der Waals surface area (Å²) in [6, 6.07) is 0.780. The van der Waals surface area contributed by atoms with Gasteiger partial charge in [0.05, 0.1) is 0 Å². The summed E-state index contributed by atoms with van der Waals surface area (Å²) >= 11 is 0. The Labute approximate surface area is 70.0 Å². The monoisotopic (exact) mass is 156 g/mol. The van der Waals surface area contributed by atoms with Gasteiger partial charge >= 0.3 is 0 Å². The van der Waals surface area contributed by atoms with Gasteiger partial charge in [0.2, 0.25) is 0 Å². The van der Waals surface area contributed by atoms with E-state index in [1.54, 1.807) is 0 Å². The molecule has 1 aliphatic rings. The lowest BCUT2D eigenvalue weighted by Gasteiger charge is -2.10. The first-order valence-corrected chi connectivity index (χ1v) is 4.40. The summed E-state index contributed by atoms with van der Waals surface area (Å²) in [6.45, 7) is 6.91. The van der Waals surface area contributed by atoms with E-state index in [2.05, 4.69) is 38.2 Å². The summed E-state index contributed by atoms with van der Waals surface area (Å²) in [5, 5.41) is 3.54. The van der Waals surface area contributed by atoms with E-state index in [-0.39, 0.29) is 0 Å². The topological polar surface area (TPSA) is 15.3 Å². The third-order valence-electron chi connectivity index (χ3n) is 2.46. The van der Waals surface area contributed by atoms with Crippen LogP contribution in [0, 0.1) is 5.41 Å². The van der Waals surface area contributed by atoms with Crippen LogP contribution in [0.15, 0.2) is 0 Å². The molecule has 11 heavy (non-hydrogen) atoms. The number of hydrogen-bond donors (Lipinski definition) is 1. The molecule has 1 fully saturated rings. The van der Waals surface area contributed by atoms with Crippen molar-refractivity contribution in [3.8, 4) is 0 Å². The van der Waals surface area contributed by atoms with Gasteiger partial charge in [-0.25, -0.2) is 0 Å². The molecule has 0 heterocycles. The molecule has 1 rings (SSSR count). The maximum atomic E-state index is 3.54. The van der Waals surface area contributed by atoms with E-state index in [4.69, 9.17) is 0 Å². The van der Waals surface area contributed by atoms with Crippen LogP contribution in [0.2, 0.25) is 0 Å². The SMILES string of the molecule is CN(C)CCNC1CC1(C)C. The number of rotatable bonds is 4. The summed E-state index contributed by atoms with van der Waals surface area (Å²) < 4.78 is 0. The van der Waals surface area contributed by atoms with E-state index in [9.17, 15) is 0 Å². The van der Waals surface area contributed by atoms with Crippen LogP contribution in [0.1, 0.15) is 20.3 Å². The first-order chi connectivity index (χ1) is 5.02. The molecule has 1 atom stereocenters. The Morgan fingerprint density at radius 3 is 2.36 bits per heavy atom. The van der Waals surface area contributed by atoms with Gasteiger partial charge in [0.15, 0.2) is 0 Å². The molecule has 0 aromatic rings. The number of hydrogen-bond acceptors (Lipinski definition) is 2. The van der Waals surface area contributed by atoms with Crippen LogP contribution in [0.5, 0.6) is 0 Å². The van der Waals surface area contributed by atoms with Crippen molar-refractivity contribution in [2.45, 2.75) is 26.3 Å². The van der Waals surface area contributed by atoms with E-state index in [1.807, 2.05) is 0 Å². The normalized spacial score (nSPS) is 27.5. The molecule has 66 valence electrons. The predicted octanol–water partition coefficient (Wildman–Crippen LogP) is 0.936. The van der Waals surface area contributed by atoms with Crippen molar-refractivity contribution in [3.05, 3.63) is 0 Å². The average molecular weight is 156 g/mol. The zero-order valence-corrected chi connectivity index (χ0v) is 8.15. The fourth-order valence-corrected chi connectivity index (χ4v) is 1.28. The van der Waals surface area contributed by atoms with Gasteiger partial charge in [-0.1, -0.05) is 13.8 Å². The molecule has 0 amide bonds. The fourth-order valence-electron chi connectivity index (χ4n) is 1.28. The molecule has 0 spiro atoms. The highest BCUT2D eigenvalue weighted by Gasteiger charge is 2.44. The minimum atomic E-state index is 0.576. The second kappa shape index (κ2) is 3.11. The van der Waals surface area contributed by atoms with Gasteiger partial charge in [-0.15, -0.1) is 0 Å². The highest BCUT2D eigenvalue weighted by atomic mass is 15.1. The molecule has 1 saturated carbocycles. The molecule has 0 bridgehead atoms. The molecule has 2 nitrogen and oxygen atoms in total. The molecule has 1 N–H and O–H groups in total. The molecule has 2 heteroatoms. The molecule has 0 aliphatic heterocycles. The van der Waals surface area contributed by atoms with Gasteiger partial charge < -0.3 is 10.2 Å². The average Bonchev–Trinajstić information content (AvgIpc) is 2.39. The van der Waals surface area contributed by atoms with Gasteiger partial charge in [-0.2, -0.15) is 0 Å². The Morgan fingerprint density at radius 2 is 2.00 bits per heavy atom. The van der Waals surface area contributed by atoms with Crippen LogP contribution in [-0.4, -0.2) is 38.1 Å². The number of nitrogens with zero attached hydrogens (tertiary/aromatic N) is 1. The molecular formula is C9H20N2. The summed E-state index contributed by atoms with van der Waals surface area (Å²) in [6.07, 6.45) is 1.35. The first kappa shape index (κ1) is 9.01. The lowest BCUT2D eigenvalue weighted by atomic mass is 10.2. The molecule has 1 aliphatic carbocycles. The van der Waals surface area contributed by atoms with Crippen molar-refractivity contribution in [2.24, 2.45) is 5.41 Å². The Bertz CT molecular complexity index is 130. The third-order valence-corrected chi connectivity index (χ3v) is 2.46. The first-order valence-electron chi connectivity index (χ1n) is 4.40. The maximum Gasteiger partial charge on any atom is 0.0125 e. The molecular weight excluding hydrogens is 136 g/mol. The summed E-state index contributed by atoms with van der Waals surface area (Å²) in [5.41, 5.74) is 0.576. The van der Waals surface area contributed by atoms with Gasteiger partial charge in [0.1, 0.15) is 0 Å². The lowest BCUT2D eigenvalue weighted by molar-refractivity contribution is 0.392. The van der Waals surface area contributed by atoms with E-state index in [0.717, 1.165) is 19.1 Å². The van der Waals surface area contributed by atoms with E-state index in [0.29, 0.717) is 5.41 Å². The lowest BCUT2D eigenvalue weighted by Crippen LogP contribution is -2.29. The molecule has 0 aromatic heterocycles. The fraction of sp³-hybridized carbons (Fsp3) is 1.00. The zero-order chi connectivity index (χ0) is 8.48. The standard InChI is InChI=1S/C9H20N2/c1-9(2)7-8(9)10-5-6-11(3)4/h8,10H,5-7H2,1-4H3. The van der Waals surface area contributed by atoms with Crippen LogP contribution in [-0.2, 0) is 0 Å². The quantitative estimate of drug-likeness (QED) is 0.651. The number of likely N-dealkylation sites (N-methyl/N-ethyl adjacent to an activating group) is 1. The van der Waals surface area contributed by atoms with Crippen LogP contribution in [0.3, 0.4) is 0 Å². The Balaban J connectivity index is 1.98. The zero-order valence-electron chi connectivity index (χ0n) is 8.15. The van der Waals surface area contributed by atoms with Gasteiger partial charge in [-0.3, -0.25) is 0 Å². The van der Waals surface area contributed by atoms with Gasteiger partial charge in [0, 0.05) is 19.1 Å². The maximum absolute atomic E-state index is 3.54. The van der Waals surface area contributed by atoms with Crippen molar-refractivity contribution >= 4 is 0 Å². The summed E-state index contributed by atoms with van der Waals surface area (Å²) in [4.78, 5) is 2.21. The number of nitrogens with one attached hydrogen (secondary N) is 1. The Hall–Kier alpha value is -0.0800. The Morgan fingerprint density at radius 1 is 1.45 bits per heavy atom. The minimum absolute atomic E-state index is 0.576. The van der Waals surface area contributed by atoms with Crippen LogP contribution < -0.4 is 5.32 Å². The van der Waals surface area contributed by atoms with Crippen LogP contribution in [0.25, 0.3) is 0 Å². The van der Waals surface area contributed by atoms with Gasteiger partial charge in [0.25, 0.3) is 0 Å². The highest BCUT2D eigenvalue weighted by molar-refractivity contribution is 5.01. The minimum Gasteiger partial charge on any atom is -0.312 e. The summed E-state index contributed by atoms with van der Waals surface area (Å²) in [5.74, 6) is 0. The van der Waals surface area contributed by atoms with E-state index in [1.165, 1.54) is 6.42 Å². The van der Waals surface area contributed by atoms with Gasteiger partial charge in [-0.05, 0) is 25.9 Å².